The van der Waals surface area contributed by atoms with E-state index in [0.29, 0.717) is 31.7 Å². The molecule has 0 aliphatic heterocycles. The van der Waals surface area contributed by atoms with E-state index in [1.54, 1.807) is 6.92 Å². The fourth-order valence-corrected chi connectivity index (χ4v) is 5.62. The van der Waals surface area contributed by atoms with E-state index in [1.165, 1.54) is 10.9 Å². The molecule has 13 heteroatoms. The van der Waals surface area contributed by atoms with Crippen LogP contribution in [0.1, 0.15) is 48.7 Å². The van der Waals surface area contributed by atoms with Crippen molar-refractivity contribution in [3.63, 3.8) is 0 Å². The van der Waals surface area contributed by atoms with Gasteiger partial charge in [0.1, 0.15) is 15.0 Å². The molecule has 1 saturated carbocycles. The molecule has 1 N–H and O–H groups in total. The monoisotopic (exact) mass is 526 g/mol. The van der Waals surface area contributed by atoms with Crippen molar-refractivity contribution in [2.45, 2.75) is 50.6 Å². The maximum Gasteiger partial charge on any atom is 0.417 e. The number of nitrogens with zero attached hydrogens (tertiary/aromatic N) is 3. The highest BCUT2D eigenvalue weighted by Crippen LogP contribution is 2.41. The number of alkyl halides is 3. The highest BCUT2D eigenvalue weighted by Gasteiger charge is 2.37. The van der Waals surface area contributed by atoms with E-state index in [2.05, 4.69) is 15.4 Å². The molecule has 33 heavy (non-hydrogen) atoms. The molecule has 7 nitrogen and oxygen atoms in total. The number of halogens is 5. The number of carbonyl (C=O) groups excluding carboxylic acids is 1. The normalized spacial score (nSPS) is 19.5. The van der Waals surface area contributed by atoms with E-state index in [0.717, 1.165) is 6.20 Å². The van der Waals surface area contributed by atoms with Crippen LogP contribution in [0.4, 0.5) is 13.2 Å². The third-order valence-corrected chi connectivity index (χ3v) is 8.04. The van der Waals surface area contributed by atoms with Crippen molar-refractivity contribution in [3.8, 4) is 11.3 Å². The van der Waals surface area contributed by atoms with Crippen LogP contribution < -0.4 is 5.32 Å². The molecule has 0 unspecified atom stereocenters. The zero-order valence-electron chi connectivity index (χ0n) is 17.9. The van der Waals surface area contributed by atoms with E-state index in [9.17, 15) is 26.4 Å². The molecule has 1 aliphatic rings. The van der Waals surface area contributed by atoms with Crippen molar-refractivity contribution in [2.75, 3.05) is 12.8 Å². The Balaban J connectivity index is 1.81. The van der Waals surface area contributed by atoms with Crippen LogP contribution in [0.2, 0.25) is 10.2 Å². The molecule has 182 valence electrons. The van der Waals surface area contributed by atoms with Gasteiger partial charge in [0.2, 0.25) is 0 Å². The van der Waals surface area contributed by atoms with E-state index in [1.807, 2.05) is 0 Å². The van der Waals surface area contributed by atoms with Crippen LogP contribution in [0, 0.1) is 5.92 Å². The lowest BCUT2D eigenvalue weighted by molar-refractivity contribution is -0.137. The van der Waals surface area contributed by atoms with Crippen molar-refractivity contribution in [2.24, 2.45) is 5.92 Å². The summed E-state index contributed by atoms with van der Waals surface area (Å²) in [5, 5.41) is 5.94. The Bertz CT molecular complexity index is 1140. The molecule has 0 spiro atoms. The summed E-state index contributed by atoms with van der Waals surface area (Å²) in [7, 11) is -3.09. The number of sulfone groups is 1. The van der Waals surface area contributed by atoms with Crippen LogP contribution >= 0.6 is 23.2 Å². The Kier molecular flexibility index (Phi) is 7.65. The summed E-state index contributed by atoms with van der Waals surface area (Å²) in [5.41, 5.74) is -1.63. The number of hydrogen-bond donors (Lipinski definition) is 1. The molecule has 3 rings (SSSR count). The maximum absolute atomic E-state index is 13.6. The zero-order valence-corrected chi connectivity index (χ0v) is 20.2. The van der Waals surface area contributed by atoms with Gasteiger partial charge in [-0.1, -0.05) is 23.2 Å². The number of carbonyl (C=O) groups is 1. The van der Waals surface area contributed by atoms with E-state index in [-0.39, 0.29) is 51.4 Å². The van der Waals surface area contributed by atoms with Gasteiger partial charge in [0.15, 0.2) is 5.69 Å². The number of nitrogens with one attached hydrogen (secondary N) is 1. The van der Waals surface area contributed by atoms with Crippen molar-refractivity contribution < 1.29 is 26.4 Å². The smallest absolute Gasteiger partial charge is 0.350 e. The van der Waals surface area contributed by atoms with Gasteiger partial charge < -0.3 is 5.32 Å². The number of aromatic nitrogens is 3. The van der Waals surface area contributed by atoms with E-state index < -0.39 is 27.5 Å². The molecule has 0 bridgehead atoms. The van der Waals surface area contributed by atoms with Crippen molar-refractivity contribution in [1.29, 1.82) is 0 Å². The van der Waals surface area contributed by atoms with Gasteiger partial charge in [-0.25, -0.2) is 13.4 Å². The first-order valence-electron chi connectivity index (χ1n) is 10.3. The van der Waals surface area contributed by atoms with Gasteiger partial charge in [-0.15, -0.1) is 0 Å². The average molecular weight is 527 g/mol. The van der Waals surface area contributed by atoms with Gasteiger partial charge in [0, 0.05) is 31.1 Å². The minimum atomic E-state index is -4.72. The van der Waals surface area contributed by atoms with Crippen molar-refractivity contribution in [3.05, 3.63) is 33.7 Å². The summed E-state index contributed by atoms with van der Waals surface area (Å²) in [5.74, 6) is -0.523. The van der Waals surface area contributed by atoms with Crippen LogP contribution in [-0.2, 0) is 22.6 Å². The fourth-order valence-electron chi connectivity index (χ4n) is 4.01. The molecular weight excluding hydrogens is 504 g/mol. The van der Waals surface area contributed by atoms with Crippen LogP contribution in [0.5, 0.6) is 0 Å². The van der Waals surface area contributed by atoms with Crippen molar-refractivity contribution in [1.82, 2.24) is 20.1 Å². The molecule has 2 heterocycles. The Labute approximate surface area is 199 Å². The quantitative estimate of drug-likeness (QED) is 0.554. The first kappa shape index (κ1) is 25.8. The Morgan fingerprint density at radius 2 is 1.88 bits per heavy atom. The largest absolute Gasteiger partial charge is 0.417 e. The third kappa shape index (κ3) is 5.81. The zero-order chi connectivity index (χ0) is 24.6. The number of hydrogen-bond acceptors (Lipinski definition) is 5. The minimum Gasteiger partial charge on any atom is -0.350 e. The van der Waals surface area contributed by atoms with Crippen LogP contribution in [0.15, 0.2) is 12.3 Å². The second-order valence-electron chi connectivity index (χ2n) is 8.06. The summed E-state index contributed by atoms with van der Waals surface area (Å²) < 4.78 is 65.4. The summed E-state index contributed by atoms with van der Waals surface area (Å²) in [6, 6.07) is 0.701. The van der Waals surface area contributed by atoms with Gasteiger partial charge in [-0.05, 0) is 44.6 Å². The molecular formula is C20H23Cl2F3N4O3S. The molecule has 1 amide bonds. The van der Waals surface area contributed by atoms with Crippen molar-refractivity contribution >= 4 is 38.9 Å². The number of pyridine rings is 1. The van der Waals surface area contributed by atoms with E-state index in [4.69, 9.17) is 23.2 Å². The van der Waals surface area contributed by atoms with E-state index >= 15 is 0 Å². The molecule has 0 atom stereocenters. The third-order valence-electron chi connectivity index (χ3n) is 5.79. The summed E-state index contributed by atoms with van der Waals surface area (Å²) >= 11 is 12.0. The second-order valence-corrected chi connectivity index (χ2v) is 11.2. The van der Waals surface area contributed by atoms with Crippen LogP contribution in [0.3, 0.4) is 0 Å². The predicted molar refractivity (Wildman–Crippen MR) is 119 cm³/mol. The van der Waals surface area contributed by atoms with Gasteiger partial charge in [0.05, 0.1) is 21.5 Å². The number of rotatable bonds is 6. The number of amides is 1. The maximum atomic E-state index is 13.6. The van der Waals surface area contributed by atoms with Gasteiger partial charge in [0.25, 0.3) is 5.91 Å². The second kappa shape index (κ2) is 9.79. The first-order chi connectivity index (χ1) is 15.3. The van der Waals surface area contributed by atoms with Crippen LogP contribution in [-0.4, -0.2) is 47.1 Å². The van der Waals surface area contributed by atoms with Gasteiger partial charge >= 0.3 is 6.18 Å². The molecule has 1 fully saturated rings. The lowest BCUT2D eigenvalue weighted by Gasteiger charge is -2.27. The summed E-state index contributed by atoms with van der Waals surface area (Å²) in [4.78, 5) is 16.5. The molecule has 2 aromatic heterocycles. The fraction of sp³-hybridized carbons (Fsp3) is 0.550. The highest BCUT2D eigenvalue weighted by molar-refractivity contribution is 7.91. The average Bonchev–Trinajstić information content (AvgIpc) is 3.07. The molecule has 0 radical (unpaired) electrons. The minimum absolute atomic E-state index is 0.0746. The number of aryl methyl sites for hydroxylation is 1. The van der Waals surface area contributed by atoms with Gasteiger partial charge in [-0.2, -0.15) is 18.3 Å². The highest BCUT2D eigenvalue weighted by atomic mass is 35.5. The topological polar surface area (TPSA) is 94.0 Å². The Morgan fingerprint density at radius 3 is 2.42 bits per heavy atom. The predicted octanol–water partition coefficient (Wildman–Crippen LogP) is 4.62. The molecule has 1 aliphatic carbocycles. The summed E-state index contributed by atoms with van der Waals surface area (Å²) in [6.07, 6.45) is -0.193. The van der Waals surface area contributed by atoms with Gasteiger partial charge in [-0.3, -0.25) is 9.48 Å². The lowest BCUT2D eigenvalue weighted by Crippen LogP contribution is -2.34. The van der Waals surface area contributed by atoms with Crippen LogP contribution in [0.25, 0.3) is 11.3 Å². The first-order valence-corrected chi connectivity index (χ1v) is 13.0. The molecule has 2 aromatic rings. The standard InChI is InChI=1S/C20H23Cl2F3N4O3S/c1-3-29-18(13-10-26-15(21)8-14(13)20(23,24)25)16(22)17(28-29)19(30)27-9-11-4-6-12(7-5-11)33(2,31)32/h8,10-12H,3-7,9H2,1-2H3,(H,27,30)/t11-,12+. The lowest BCUT2D eigenvalue weighted by atomic mass is 9.89. The Hall–Kier alpha value is -1.85. The molecule has 0 saturated heterocycles. The Morgan fingerprint density at radius 1 is 1.24 bits per heavy atom. The summed E-state index contributed by atoms with van der Waals surface area (Å²) in [6.45, 7) is 2.11. The molecule has 0 aromatic carbocycles. The SMILES string of the molecule is CCn1nc(C(=O)NC[C@H]2CC[C@@H](S(C)(=O)=O)CC2)c(Cl)c1-c1cnc(Cl)cc1C(F)(F)F.